The summed E-state index contributed by atoms with van der Waals surface area (Å²) in [5, 5.41) is 18.9. The Morgan fingerprint density at radius 3 is 2.22 bits per heavy atom. The van der Waals surface area contributed by atoms with E-state index < -0.39 is 5.66 Å². The number of amidine groups is 2. The average Bonchev–Trinajstić information content (AvgIpc) is 3.18. The quantitative estimate of drug-likeness (QED) is 0.104. The van der Waals surface area contributed by atoms with Crippen LogP contribution in [-0.2, 0) is 0 Å². The van der Waals surface area contributed by atoms with Gasteiger partial charge in [0.1, 0.15) is 17.2 Å². The Balaban J connectivity index is 1.85. The summed E-state index contributed by atoms with van der Waals surface area (Å²) in [6.45, 7) is 3.65. The molecule has 0 saturated carbocycles. The van der Waals surface area contributed by atoms with Crippen LogP contribution < -0.4 is 14.9 Å². The van der Waals surface area contributed by atoms with E-state index in [4.69, 9.17) is 49.3 Å². The molecular formula is C25H23Cl3N7O2+. The second kappa shape index (κ2) is 11.2. The van der Waals surface area contributed by atoms with E-state index in [0.717, 1.165) is 0 Å². The number of methoxy groups -OCH3 is 2. The lowest BCUT2D eigenvalue weighted by Gasteiger charge is -2.08. The number of benzene rings is 3. The molecule has 12 heteroatoms. The molecule has 0 saturated heterocycles. The van der Waals surface area contributed by atoms with Crippen molar-refractivity contribution in [1.29, 1.82) is 0 Å². The van der Waals surface area contributed by atoms with E-state index in [1.807, 2.05) is 44.2 Å². The Hall–Kier alpha value is -3.53. The molecule has 3 aromatic rings. The fraction of sp³-hybridized carbons (Fsp3) is 0.200. The zero-order valence-electron chi connectivity index (χ0n) is 20.4. The third kappa shape index (κ3) is 6.07. The first kappa shape index (κ1) is 26.5. The number of ether oxygens (including phenoxy) is 2. The van der Waals surface area contributed by atoms with Gasteiger partial charge in [-0.2, -0.15) is 0 Å². The van der Waals surface area contributed by atoms with Crippen LogP contribution in [0.5, 0.6) is 11.5 Å². The monoisotopic (exact) mass is 558 g/mol. The molecule has 37 heavy (non-hydrogen) atoms. The molecule has 190 valence electrons. The van der Waals surface area contributed by atoms with Gasteiger partial charge in [0.15, 0.2) is 5.69 Å². The number of hydrogen-bond acceptors (Lipinski definition) is 7. The van der Waals surface area contributed by atoms with Gasteiger partial charge in [-0.3, -0.25) is 5.43 Å². The first-order chi connectivity index (χ1) is 17.7. The van der Waals surface area contributed by atoms with E-state index in [-0.39, 0.29) is 21.7 Å². The molecule has 1 aliphatic rings. The summed E-state index contributed by atoms with van der Waals surface area (Å²) in [6, 6.07) is 17.7. The van der Waals surface area contributed by atoms with Gasteiger partial charge < -0.3 is 9.47 Å². The van der Waals surface area contributed by atoms with Crippen molar-refractivity contribution in [2.24, 2.45) is 25.4 Å². The van der Waals surface area contributed by atoms with Crippen LogP contribution in [0.4, 0.5) is 17.1 Å². The van der Waals surface area contributed by atoms with E-state index in [0.29, 0.717) is 33.6 Å². The maximum atomic E-state index is 6.53. The third-order valence-electron chi connectivity index (χ3n) is 5.05. The van der Waals surface area contributed by atoms with Crippen LogP contribution in [0, 0.1) is 0 Å². The molecule has 1 N–H and O–H groups in total. The standard InChI is InChI=1S/C25H23Cl3N7O2/c1-25(2)29-24(35(34-25)22-16(27)13-15(26)14-17(22)28)23(32-30-18-9-5-7-11-20(18)36-3)33-31-19-10-6-8-12-21(19)37-4/h5-14,30H,1-4H3/q+1/b32-23-,33-31?. The van der Waals surface area contributed by atoms with Crippen molar-refractivity contribution >= 4 is 63.5 Å². The van der Waals surface area contributed by atoms with Gasteiger partial charge in [0.25, 0.3) is 11.5 Å². The molecule has 3 aromatic carbocycles. The van der Waals surface area contributed by atoms with Gasteiger partial charge in [-0.1, -0.05) is 68.9 Å². The van der Waals surface area contributed by atoms with Gasteiger partial charge >= 0.3 is 5.84 Å². The van der Waals surface area contributed by atoms with Crippen molar-refractivity contribution in [2.75, 3.05) is 19.6 Å². The van der Waals surface area contributed by atoms with Crippen LogP contribution in [0.15, 0.2) is 86.1 Å². The van der Waals surface area contributed by atoms with E-state index in [1.165, 1.54) is 4.70 Å². The number of hydrogen-bond donors (Lipinski definition) is 1. The smallest absolute Gasteiger partial charge is 0.395 e. The fourth-order valence-corrected chi connectivity index (χ4v) is 4.42. The summed E-state index contributed by atoms with van der Waals surface area (Å²) < 4.78 is 12.3. The van der Waals surface area contributed by atoms with Crippen molar-refractivity contribution in [1.82, 2.24) is 0 Å². The molecule has 9 nitrogen and oxygen atoms in total. The minimum atomic E-state index is -0.868. The van der Waals surface area contributed by atoms with Crippen molar-refractivity contribution in [3.05, 3.63) is 75.7 Å². The number of hydrazone groups is 1. The Kier molecular flexibility index (Phi) is 8.06. The lowest BCUT2D eigenvalue weighted by molar-refractivity contribution is -0.385. The van der Waals surface area contributed by atoms with Gasteiger partial charge in [-0.15, -0.1) is 15.3 Å². The number of anilines is 1. The molecule has 0 bridgehead atoms. The van der Waals surface area contributed by atoms with Crippen molar-refractivity contribution in [2.45, 2.75) is 19.5 Å². The molecule has 0 atom stereocenters. The van der Waals surface area contributed by atoms with Crippen LogP contribution in [0.25, 0.3) is 0 Å². The zero-order valence-corrected chi connectivity index (χ0v) is 22.7. The topological polar surface area (TPSA) is 95.3 Å². The van der Waals surface area contributed by atoms with Gasteiger partial charge in [-0.25, -0.2) is 0 Å². The van der Waals surface area contributed by atoms with Crippen molar-refractivity contribution < 1.29 is 14.2 Å². The molecule has 0 aromatic heterocycles. The number of aliphatic imine (C=N–C) groups is 1. The maximum absolute atomic E-state index is 6.53. The number of nitrogens with one attached hydrogen (secondary N) is 1. The molecule has 1 heterocycles. The number of para-hydroxylation sites is 3. The highest BCUT2D eigenvalue weighted by molar-refractivity contribution is 6.42. The van der Waals surface area contributed by atoms with Crippen LogP contribution in [-0.4, -0.2) is 36.3 Å². The lowest BCUT2D eigenvalue weighted by Crippen LogP contribution is -2.22. The number of rotatable bonds is 7. The molecule has 0 amide bonds. The Morgan fingerprint density at radius 2 is 1.54 bits per heavy atom. The highest BCUT2D eigenvalue weighted by Crippen LogP contribution is 2.39. The first-order valence-corrected chi connectivity index (χ1v) is 12.1. The Labute approximate surface area is 229 Å². The van der Waals surface area contributed by atoms with E-state index in [1.54, 1.807) is 44.6 Å². The Bertz CT molecular complexity index is 1430. The predicted molar refractivity (Wildman–Crippen MR) is 147 cm³/mol. The maximum Gasteiger partial charge on any atom is 0.395 e. The average molecular weight is 560 g/mol. The molecular weight excluding hydrogens is 537 g/mol. The molecule has 1 aliphatic heterocycles. The van der Waals surface area contributed by atoms with Crippen LogP contribution in [0.2, 0.25) is 15.1 Å². The summed E-state index contributed by atoms with van der Waals surface area (Å²) in [6.07, 6.45) is 0. The van der Waals surface area contributed by atoms with Gasteiger partial charge in [0, 0.05) is 18.9 Å². The SMILES string of the molecule is COc1ccccc1N=N/C(=N\Nc1ccccc1OC)C1=NC(C)(C)N=[N+]1c1c(Cl)cc(Cl)cc1Cl. The highest BCUT2D eigenvalue weighted by Gasteiger charge is 2.43. The summed E-state index contributed by atoms with van der Waals surface area (Å²) in [4.78, 5) is 4.73. The van der Waals surface area contributed by atoms with Gasteiger partial charge in [-0.05, 0) is 41.4 Å². The van der Waals surface area contributed by atoms with Crippen LogP contribution >= 0.6 is 34.8 Å². The van der Waals surface area contributed by atoms with Crippen LogP contribution in [0.3, 0.4) is 0 Å². The van der Waals surface area contributed by atoms with Gasteiger partial charge in [0.2, 0.25) is 0 Å². The minimum Gasteiger partial charge on any atom is -0.495 e. The number of nitrogens with zero attached hydrogens (tertiary/aromatic N) is 6. The van der Waals surface area contributed by atoms with E-state index >= 15 is 0 Å². The highest BCUT2D eigenvalue weighted by atomic mass is 35.5. The van der Waals surface area contributed by atoms with Crippen LogP contribution in [0.1, 0.15) is 13.8 Å². The number of halogens is 3. The molecule has 0 aliphatic carbocycles. The second-order valence-corrected chi connectivity index (χ2v) is 9.43. The van der Waals surface area contributed by atoms with Gasteiger partial charge in [0.05, 0.1) is 30.0 Å². The zero-order chi connectivity index (χ0) is 26.6. The Morgan fingerprint density at radius 1 is 0.919 bits per heavy atom. The third-order valence-corrected chi connectivity index (χ3v) is 5.84. The molecule has 0 radical (unpaired) electrons. The fourth-order valence-electron chi connectivity index (χ4n) is 3.44. The first-order valence-electron chi connectivity index (χ1n) is 11.0. The minimum absolute atomic E-state index is 0.105. The van der Waals surface area contributed by atoms with E-state index in [9.17, 15) is 0 Å². The summed E-state index contributed by atoms with van der Waals surface area (Å²) in [5.41, 5.74) is 3.61. The van der Waals surface area contributed by atoms with Crippen molar-refractivity contribution in [3.8, 4) is 11.5 Å². The molecule has 0 fully saturated rings. The normalized spacial score (nSPS) is 14.9. The molecule has 0 spiro atoms. The second-order valence-electron chi connectivity index (χ2n) is 8.18. The summed E-state index contributed by atoms with van der Waals surface area (Å²) in [5.74, 6) is 1.50. The summed E-state index contributed by atoms with van der Waals surface area (Å²) >= 11 is 19.2. The van der Waals surface area contributed by atoms with Crippen molar-refractivity contribution in [3.63, 3.8) is 0 Å². The number of azo groups is 3. The molecule has 4 rings (SSSR count). The summed E-state index contributed by atoms with van der Waals surface area (Å²) in [7, 11) is 3.13. The predicted octanol–water partition coefficient (Wildman–Crippen LogP) is 8.12. The van der Waals surface area contributed by atoms with E-state index in [2.05, 4.69) is 25.9 Å². The molecule has 0 unspecified atom stereocenters. The largest absolute Gasteiger partial charge is 0.495 e. The lowest BCUT2D eigenvalue weighted by atomic mass is 10.3.